The fraction of sp³-hybridized carbons (Fsp3) is 0.500. The molecule has 0 aliphatic heterocycles. The van der Waals surface area contributed by atoms with E-state index in [-0.39, 0.29) is 5.91 Å². The van der Waals surface area contributed by atoms with Crippen molar-refractivity contribution in [3.8, 4) is 0 Å². The predicted molar refractivity (Wildman–Crippen MR) is 75.7 cm³/mol. The molecule has 0 aliphatic rings. The molecule has 20 heavy (non-hydrogen) atoms. The van der Waals surface area contributed by atoms with Crippen molar-refractivity contribution in [1.29, 1.82) is 0 Å². The summed E-state index contributed by atoms with van der Waals surface area (Å²) in [7, 11) is 3.42. The molecule has 0 atom stereocenters. The highest BCUT2D eigenvalue weighted by atomic mass is 16.1. The number of nitrogens with one attached hydrogen (secondary N) is 1. The molecule has 2 rings (SSSR count). The first-order valence-electron chi connectivity index (χ1n) is 6.42. The summed E-state index contributed by atoms with van der Waals surface area (Å²) in [5.74, 6) is 0.958. The molecule has 2 aromatic heterocycles. The Morgan fingerprint density at radius 1 is 1.50 bits per heavy atom. The van der Waals surface area contributed by atoms with Gasteiger partial charge in [-0.1, -0.05) is 6.92 Å². The van der Waals surface area contributed by atoms with Crippen molar-refractivity contribution in [2.24, 2.45) is 7.05 Å². The van der Waals surface area contributed by atoms with Crippen molar-refractivity contribution in [3.05, 3.63) is 12.0 Å². The molecule has 0 aliphatic carbocycles. The Morgan fingerprint density at radius 2 is 2.25 bits per heavy atom. The maximum absolute atomic E-state index is 11.4. The molecule has 8 heteroatoms. The van der Waals surface area contributed by atoms with Gasteiger partial charge in [0.25, 0.3) is 0 Å². The Kier molecular flexibility index (Phi) is 4.14. The summed E-state index contributed by atoms with van der Waals surface area (Å²) >= 11 is 0. The number of nitrogen functional groups attached to an aromatic ring is 1. The second kappa shape index (κ2) is 5.83. The van der Waals surface area contributed by atoms with E-state index >= 15 is 0 Å². The second-order valence-corrected chi connectivity index (χ2v) is 4.51. The lowest BCUT2D eigenvalue weighted by Crippen LogP contribution is -2.35. The van der Waals surface area contributed by atoms with E-state index in [1.807, 2.05) is 11.8 Å². The van der Waals surface area contributed by atoms with E-state index in [4.69, 9.17) is 5.73 Å². The van der Waals surface area contributed by atoms with E-state index in [2.05, 4.69) is 20.4 Å². The van der Waals surface area contributed by atoms with Crippen molar-refractivity contribution in [2.45, 2.75) is 13.5 Å². The molecule has 0 radical (unpaired) electrons. The van der Waals surface area contributed by atoms with Gasteiger partial charge in [0.1, 0.15) is 11.6 Å². The summed E-state index contributed by atoms with van der Waals surface area (Å²) in [6.07, 6.45) is 1.65. The van der Waals surface area contributed by atoms with Crippen LogP contribution in [-0.4, -0.2) is 50.7 Å². The maximum atomic E-state index is 11.4. The van der Waals surface area contributed by atoms with Gasteiger partial charge in [0, 0.05) is 14.1 Å². The summed E-state index contributed by atoms with van der Waals surface area (Å²) < 4.78 is 1.66. The maximum Gasteiger partial charge on any atom is 0.233 e. The van der Waals surface area contributed by atoms with Gasteiger partial charge in [-0.15, -0.1) is 0 Å². The van der Waals surface area contributed by atoms with Gasteiger partial charge in [0.05, 0.1) is 24.7 Å². The van der Waals surface area contributed by atoms with Crippen LogP contribution in [-0.2, 0) is 18.4 Å². The second-order valence-electron chi connectivity index (χ2n) is 4.51. The molecule has 1 amide bonds. The van der Waals surface area contributed by atoms with Crippen LogP contribution in [0.1, 0.15) is 12.7 Å². The lowest BCUT2D eigenvalue weighted by molar-refractivity contribution is -0.121. The monoisotopic (exact) mass is 277 g/mol. The summed E-state index contributed by atoms with van der Waals surface area (Å²) in [5, 5.41) is 7.46. The molecule has 8 nitrogen and oxygen atoms in total. The average Bonchev–Trinajstić information content (AvgIpc) is 2.80. The molecule has 0 unspecified atom stereocenters. The van der Waals surface area contributed by atoms with Gasteiger partial charge < -0.3 is 11.1 Å². The number of carbonyl (C=O) groups is 1. The fourth-order valence-electron chi connectivity index (χ4n) is 1.92. The van der Waals surface area contributed by atoms with Gasteiger partial charge in [0.15, 0.2) is 5.65 Å². The number of nitrogens with two attached hydrogens (primary N) is 1. The zero-order valence-corrected chi connectivity index (χ0v) is 11.9. The first kappa shape index (κ1) is 14.2. The number of nitrogens with zero attached hydrogens (tertiary/aromatic N) is 5. The summed E-state index contributed by atoms with van der Waals surface area (Å²) in [6.45, 7) is 3.48. The van der Waals surface area contributed by atoms with E-state index in [0.717, 1.165) is 11.9 Å². The minimum atomic E-state index is -0.0403. The quantitative estimate of drug-likeness (QED) is 0.765. The Bertz CT molecular complexity index is 622. The van der Waals surface area contributed by atoms with Gasteiger partial charge in [-0.3, -0.25) is 14.4 Å². The van der Waals surface area contributed by atoms with Crippen LogP contribution in [0.5, 0.6) is 0 Å². The van der Waals surface area contributed by atoms with Gasteiger partial charge in [-0.2, -0.15) is 5.10 Å². The molecule has 0 spiro atoms. The molecule has 0 bridgehead atoms. The topological polar surface area (TPSA) is 102 Å². The third-order valence-electron chi connectivity index (χ3n) is 3.13. The third kappa shape index (κ3) is 2.85. The SMILES string of the molecule is CCN(CC(=O)NC)Cc1nc(N)c2cnn(C)c2n1. The molecule has 0 fully saturated rings. The number of fused-ring (bicyclic) bond motifs is 1. The molecule has 3 N–H and O–H groups in total. The van der Waals surface area contributed by atoms with Crippen LogP contribution in [0.15, 0.2) is 6.20 Å². The highest BCUT2D eigenvalue weighted by molar-refractivity contribution is 5.84. The zero-order chi connectivity index (χ0) is 14.7. The van der Waals surface area contributed by atoms with E-state index < -0.39 is 0 Å². The fourth-order valence-corrected chi connectivity index (χ4v) is 1.92. The van der Waals surface area contributed by atoms with Crippen LogP contribution in [0.25, 0.3) is 11.0 Å². The number of aromatic nitrogens is 4. The van der Waals surface area contributed by atoms with Crippen LogP contribution in [0.4, 0.5) is 5.82 Å². The molecule has 2 aromatic rings. The first-order valence-corrected chi connectivity index (χ1v) is 6.42. The Hall–Kier alpha value is -2.22. The number of rotatable bonds is 5. The Morgan fingerprint density at radius 3 is 2.90 bits per heavy atom. The minimum Gasteiger partial charge on any atom is -0.383 e. The molecule has 0 saturated carbocycles. The van der Waals surface area contributed by atoms with Gasteiger partial charge in [-0.25, -0.2) is 9.97 Å². The number of likely N-dealkylation sites (N-methyl/N-ethyl adjacent to an activating group) is 2. The van der Waals surface area contributed by atoms with Crippen molar-refractivity contribution in [2.75, 3.05) is 25.9 Å². The average molecular weight is 277 g/mol. The largest absolute Gasteiger partial charge is 0.383 e. The lowest BCUT2D eigenvalue weighted by atomic mass is 10.3. The minimum absolute atomic E-state index is 0.0403. The van der Waals surface area contributed by atoms with Gasteiger partial charge >= 0.3 is 0 Å². The lowest BCUT2D eigenvalue weighted by Gasteiger charge is -2.18. The van der Waals surface area contributed by atoms with Crippen LogP contribution in [0.2, 0.25) is 0 Å². The first-order chi connectivity index (χ1) is 9.55. The van der Waals surface area contributed by atoms with E-state index in [1.54, 1.807) is 25.0 Å². The summed E-state index contributed by atoms with van der Waals surface area (Å²) in [5.41, 5.74) is 6.61. The zero-order valence-electron chi connectivity index (χ0n) is 11.9. The predicted octanol–water partition coefficient (Wildman–Crippen LogP) is -0.487. The number of hydrogen-bond donors (Lipinski definition) is 2. The number of carbonyl (C=O) groups excluding carboxylic acids is 1. The van der Waals surface area contributed by atoms with Crippen molar-refractivity contribution in [3.63, 3.8) is 0 Å². The summed E-state index contributed by atoms with van der Waals surface area (Å²) in [6, 6.07) is 0. The Balaban J connectivity index is 2.23. The van der Waals surface area contributed by atoms with Crippen LogP contribution < -0.4 is 11.1 Å². The smallest absolute Gasteiger partial charge is 0.233 e. The van der Waals surface area contributed by atoms with Gasteiger partial charge in [-0.05, 0) is 6.54 Å². The van der Waals surface area contributed by atoms with Crippen LogP contribution in [0, 0.1) is 0 Å². The highest BCUT2D eigenvalue weighted by Gasteiger charge is 2.13. The highest BCUT2D eigenvalue weighted by Crippen LogP contribution is 2.16. The van der Waals surface area contributed by atoms with Crippen molar-refractivity contribution in [1.82, 2.24) is 30.0 Å². The van der Waals surface area contributed by atoms with Crippen LogP contribution >= 0.6 is 0 Å². The van der Waals surface area contributed by atoms with E-state index in [9.17, 15) is 4.79 Å². The molecule has 0 aromatic carbocycles. The number of hydrogen-bond acceptors (Lipinski definition) is 6. The van der Waals surface area contributed by atoms with E-state index in [1.165, 1.54) is 0 Å². The van der Waals surface area contributed by atoms with E-state index in [0.29, 0.717) is 30.4 Å². The van der Waals surface area contributed by atoms with Crippen molar-refractivity contribution >= 4 is 22.8 Å². The third-order valence-corrected chi connectivity index (χ3v) is 3.13. The standard InChI is InChI=1S/C12H19N7O/c1-4-19(7-10(20)14-2)6-9-16-11(13)8-5-15-18(3)12(8)17-9/h5H,4,6-7H2,1-3H3,(H,14,20)(H2,13,16,17). The normalized spacial score (nSPS) is 11.2. The van der Waals surface area contributed by atoms with Crippen molar-refractivity contribution < 1.29 is 4.79 Å². The Labute approximate surface area is 117 Å². The molecule has 108 valence electrons. The number of amides is 1. The number of anilines is 1. The molecular formula is C12H19N7O. The number of aryl methyl sites for hydroxylation is 1. The molecular weight excluding hydrogens is 258 g/mol. The molecule has 2 heterocycles. The van der Waals surface area contributed by atoms with Crippen LogP contribution in [0.3, 0.4) is 0 Å². The van der Waals surface area contributed by atoms with Gasteiger partial charge in [0.2, 0.25) is 5.91 Å². The summed E-state index contributed by atoms with van der Waals surface area (Å²) in [4.78, 5) is 22.1. The molecule has 0 saturated heterocycles.